The van der Waals surface area contributed by atoms with Gasteiger partial charge < -0.3 is 31.6 Å². The van der Waals surface area contributed by atoms with E-state index in [1.165, 1.54) is 10.8 Å². The van der Waals surface area contributed by atoms with E-state index in [9.17, 15) is 9.59 Å². The minimum Gasteiger partial charge on any atom is -0.480 e. The molecule has 0 fully saturated rings. The number of fused-ring (bicyclic) bond motifs is 1. The molecule has 0 unspecified atom stereocenters. The molecule has 27 heavy (non-hydrogen) atoms. The number of nitrogens with two attached hydrogens (primary N) is 2. The Bertz CT molecular complexity index is 893. The third kappa shape index (κ3) is 6.19. The summed E-state index contributed by atoms with van der Waals surface area (Å²) in [5, 5.41) is 20.6. The largest absolute Gasteiger partial charge is 0.480 e. The van der Waals surface area contributed by atoms with Gasteiger partial charge in [-0.2, -0.15) is 4.98 Å². The number of nitrogens with zero attached hydrogens (tertiary/aromatic N) is 3. The monoisotopic (exact) mass is 382 g/mol. The smallest absolute Gasteiger partial charge is 0.320 e. The molecular weight excluding hydrogens is 352 g/mol. The summed E-state index contributed by atoms with van der Waals surface area (Å²) in [5.41, 5.74) is 11.3. The van der Waals surface area contributed by atoms with Crippen LogP contribution < -0.4 is 16.8 Å². The van der Waals surface area contributed by atoms with Crippen molar-refractivity contribution in [3.05, 3.63) is 18.3 Å². The third-order valence-corrected chi connectivity index (χ3v) is 3.77. The average Bonchev–Trinajstić information content (AvgIpc) is 3.08. The second kappa shape index (κ2) is 9.83. The zero-order chi connectivity index (χ0) is 23.4. The van der Waals surface area contributed by atoms with Crippen LogP contribution >= 0.6 is 0 Å². The van der Waals surface area contributed by atoms with Gasteiger partial charge in [0.2, 0.25) is 5.95 Å². The lowest BCUT2D eigenvalue weighted by atomic mass is 10.1. The van der Waals surface area contributed by atoms with Crippen molar-refractivity contribution in [3.8, 4) is 11.5 Å². The third-order valence-electron chi connectivity index (χ3n) is 3.77. The van der Waals surface area contributed by atoms with Gasteiger partial charge >= 0.3 is 11.9 Å². The molecule has 2 atom stereocenters. The molecule has 10 heteroatoms. The SMILES string of the molecule is [2H]C([2H])(C[C@H](N)C(=O)O)C([2H])([2H])Cn1cccc2nc(NCCC[C@H](N)C(=O)O)nc1-2. The van der Waals surface area contributed by atoms with Crippen LogP contribution in [-0.4, -0.2) is 55.3 Å². The molecule has 0 saturated carbocycles. The van der Waals surface area contributed by atoms with Crippen molar-refractivity contribution in [2.75, 3.05) is 11.9 Å². The van der Waals surface area contributed by atoms with E-state index in [1.807, 2.05) is 0 Å². The van der Waals surface area contributed by atoms with Gasteiger partial charge in [0, 0.05) is 24.8 Å². The van der Waals surface area contributed by atoms with Crippen molar-refractivity contribution >= 4 is 17.9 Å². The first-order valence-corrected chi connectivity index (χ1v) is 8.37. The number of pyridine rings is 1. The van der Waals surface area contributed by atoms with E-state index >= 15 is 0 Å². The van der Waals surface area contributed by atoms with Crippen LogP contribution in [0, 0.1) is 0 Å². The highest BCUT2D eigenvalue weighted by Gasteiger charge is 2.15. The average molecular weight is 382 g/mol. The molecular formula is C17H26N6O4. The first-order valence-electron chi connectivity index (χ1n) is 10.4. The van der Waals surface area contributed by atoms with E-state index in [-0.39, 0.29) is 12.4 Å². The summed E-state index contributed by atoms with van der Waals surface area (Å²) in [5.74, 6) is -1.91. The molecule has 0 aromatic heterocycles. The summed E-state index contributed by atoms with van der Waals surface area (Å²) < 4.78 is 33.8. The lowest BCUT2D eigenvalue weighted by Crippen LogP contribution is -2.30. The standard InChI is InChI=1S/C17H26N6O4/c18-11(15(24)25)5-1-2-9-23-10-4-7-13-14(23)22-17(21-13)20-8-3-6-12(19)16(26)27/h4,7,10-12H,1-3,5-6,8-9,18-19H2,(H,20,21)(H,24,25)(H,26,27)/t11-,12-/m0/s1/i1D2,2D2. The molecule has 0 saturated heterocycles. The number of carbonyl (C=O) groups is 2. The van der Waals surface area contributed by atoms with Gasteiger partial charge in [-0.1, -0.05) is 0 Å². The number of anilines is 1. The molecule has 10 nitrogen and oxygen atoms in total. The lowest BCUT2D eigenvalue weighted by molar-refractivity contribution is -0.139. The van der Waals surface area contributed by atoms with E-state index in [2.05, 4.69) is 15.3 Å². The second-order valence-corrected chi connectivity index (χ2v) is 5.91. The number of hydrogen-bond acceptors (Lipinski definition) is 7. The molecule has 2 aliphatic rings. The lowest BCUT2D eigenvalue weighted by Gasteiger charge is -2.11. The van der Waals surface area contributed by atoms with Crippen molar-refractivity contribution in [3.63, 3.8) is 0 Å². The van der Waals surface area contributed by atoms with Crippen molar-refractivity contribution in [1.29, 1.82) is 0 Å². The first-order chi connectivity index (χ1) is 14.3. The van der Waals surface area contributed by atoms with Crippen molar-refractivity contribution < 1.29 is 25.3 Å². The number of carboxylic acids is 2. The number of imidazole rings is 1. The molecule has 0 aromatic rings. The van der Waals surface area contributed by atoms with Crippen LogP contribution in [0.3, 0.4) is 0 Å². The molecule has 0 radical (unpaired) electrons. The molecule has 0 aliphatic carbocycles. The van der Waals surface area contributed by atoms with E-state index in [1.54, 1.807) is 12.1 Å². The number of hydrogen-bond donors (Lipinski definition) is 5. The highest BCUT2D eigenvalue weighted by atomic mass is 16.4. The maximum Gasteiger partial charge on any atom is 0.320 e. The minimum absolute atomic E-state index is 0.260. The first kappa shape index (κ1) is 15.3. The molecule has 0 bridgehead atoms. The van der Waals surface area contributed by atoms with Crippen molar-refractivity contribution in [2.24, 2.45) is 11.5 Å². The predicted octanol–water partition coefficient (Wildman–Crippen LogP) is 0.569. The number of nitrogens with one attached hydrogen (secondary N) is 1. The molecule has 7 N–H and O–H groups in total. The Labute approximate surface area is 162 Å². The number of aliphatic carboxylic acids is 2. The van der Waals surface area contributed by atoms with Crippen molar-refractivity contribution in [1.82, 2.24) is 14.5 Å². The molecule has 0 amide bonds. The Balaban J connectivity index is 2.11. The Morgan fingerprint density at radius 2 is 1.89 bits per heavy atom. The summed E-state index contributed by atoms with van der Waals surface area (Å²) in [6.07, 6.45) is -3.37. The molecule has 148 valence electrons. The van der Waals surface area contributed by atoms with Gasteiger partial charge in [0.1, 0.15) is 17.8 Å². The summed E-state index contributed by atoms with van der Waals surface area (Å²) in [6, 6.07) is 0.792. The van der Waals surface area contributed by atoms with Gasteiger partial charge in [0.05, 0.1) is 0 Å². The van der Waals surface area contributed by atoms with Gasteiger partial charge in [-0.15, -0.1) is 0 Å². The van der Waals surface area contributed by atoms with Gasteiger partial charge in [0.25, 0.3) is 0 Å². The van der Waals surface area contributed by atoms with Crippen LogP contribution in [0.5, 0.6) is 0 Å². The van der Waals surface area contributed by atoms with Gasteiger partial charge in [-0.3, -0.25) is 9.59 Å². The Kier molecular flexibility index (Phi) is 5.59. The van der Waals surface area contributed by atoms with Crippen LogP contribution in [0.4, 0.5) is 5.95 Å². The van der Waals surface area contributed by atoms with E-state index in [4.69, 9.17) is 27.2 Å². The molecule has 2 heterocycles. The van der Waals surface area contributed by atoms with E-state index in [0.29, 0.717) is 24.5 Å². The Hall–Kier alpha value is -2.72. The normalized spacial score (nSPS) is 16.7. The number of rotatable bonds is 12. The molecule has 0 spiro atoms. The zero-order valence-electron chi connectivity index (χ0n) is 18.6. The molecule has 0 aromatic carbocycles. The number of aryl methyl sites for hydroxylation is 1. The Morgan fingerprint density at radius 3 is 2.59 bits per heavy atom. The van der Waals surface area contributed by atoms with Crippen LogP contribution in [-0.2, 0) is 16.1 Å². The number of carboxylic acid groups (broad SMARTS) is 2. The minimum atomic E-state index is -2.51. The fraction of sp³-hybridized carbons (Fsp3) is 0.529. The number of aromatic nitrogens is 3. The summed E-state index contributed by atoms with van der Waals surface area (Å²) in [6.45, 7) is -0.0525. The predicted molar refractivity (Wildman–Crippen MR) is 99.4 cm³/mol. The van der Waals surface area contributed by atoms with E-state index in [0.717, 1.165) is 0 Å². The van der Waals surface area contributed by atoms with E-state index < -0.39 is 49.7 Å². The maximum atomic E-state index is 10.9. The van der Waals surface area contributed by atoms with Gasteiger partial charge in [-0.05, 0) is 44.1 Å². The second-order valence-electron chi connectivity index (χ2n) is 5.91. The van der Waals surface area contributed by atoms with Gasteiger partial charge in [0.15, 0.2) is 5.82 Å². The molecule has 2 rings (SSSR count). The van der Waals surface area contributed by atoms with Crippen LogP contribution in [0.2, 0.25) is 0 Å². The summed E-state index contributed by atoms with van der Waals surface area (Å²) >= 11 is 0. The van der Waals surface area contributed by atoms with Crippen LogP contribution in [0.15, 0.2) is 18.3 Å². The highest BCUT2D eigenvalue weighted by Crippen LogP contribution is 2.21. The Morgan fingerprint density at radius 1 is 1.19 bits per heavy atom. The fourth-order valence-electron chi connectivity index (χ4n) is 2.24. The molecule has 2 aliphatic heterocycles. The van der Waals surface area contributed by atoms with Crippen molar-refractivity contribution in [2.45, 2.75) is 50.6 Å². The van der Waals surface area contributed by atoms with Gasteiger partial charge in [-0.25, -0.2) is 4.98 Å². The van der Waals surface area contributed by atoms with Crippen LogP contribution in [0.1, 0.15) is 37.5 Å². The highest BCUT2D eigenvalue weighted by molar-refractivity contribution is 5.73. The topological polar surface area (TPSA) is 169 Å². The fourth-order valence-corrected chi connectivity index (χ4v) is 2.24. The summed E-state index contributed by atoms with van der Waals surface area (Å²) in [4.78, 5) is 30.3. The van der Waals surface area contributed by atoms with Crippen LogP contribution in [0.25, 0.3) is 11.5 Å². The quantitative estimate of drug-likeness (QED) is 0.329. The zero-order valence-corrected chi connectivity index (χ0v) is 14.6. The maximum absolute atomic E-state index is 10.9. The summed E-state index contributed by atoms with van der Waals surface area (Å²) in [7, 11) is 0.